The standard InChI is InChI=1S/C13H16N2O3S/c16-12(17)10-5-1-2-6-11(10)15-13(18)14-9-4-3-7-19-8-9/h1-2,5-6,9H,3-4,7-8H2,(H,16,17)(H2,14,15,18). The van der Waals surface area contributed by atoms with Crippen LogP contribution in [0.25, 0.3) is 0 Å². The Balaban J connectivity index is 1.96. The van der Waals surface area contributed by atoms with Crippen molar-refractivity contribution >= 4 is 29.4 Å². The lowest BCUT2D eigenvalue weighted by Gasteiger charge is -2.22. The molecule has 0 bridgehead atoms. The van der Waals surface area contributed by atoms with Crippen LogP contribution in [0.3, 0.4) is 0 Å². The summed E-state index contributed by atoms with van der Waals surface area (Å²) in [5.41, 5.74) is 0.409. The molecule has 1 unspecified atom stereocenters. The number of rotatable bonds is 3. The molecule has 0 aliphatic carbocycles. The number of amides is 2. The molecule has 1 aliphatic heterocycles. The Morgan fingerprint density at radius 2 is 2.11 bits per heavy atom. The van der Waals surface area contributed by atoms with Crippen LogP contribution in [0.1, 0.15) is 23.2 Å². The van der Waals surface area contributed by atoms with E-state index in [0.717, 1.165) is 24.3 Å². The van der Waals surface area contributed by atoms with Crippen molar-refractivity contribution in [2.24, 2.45) is 0 Å². The lowest BCUT2D eigenvalue weighted by molar-refractivity contribution is 0.0698. The largest absolute Gasteiger partial charge is 0.478 e. The van der Waals surface area contributed by atoms with Crippen LogP contribution in [0.5, 0.6) is 0 Å². The molecule has 0 radical (unpaired) electrons. The fraction of sp³-hybridized carbons (Fsp3) is 0.385. The molecule has 1 aliphatic rings. The monoisotopic (exact) mass is 280 g/mol. The highest BCUT2D eigenvalue weighted by Gasteiger charge is 2.17. The molecule has 0 aromatic heterocycles. The molecule has 1 saturated heterocycles. The third kappa shape index (κ3) is 3.89. The molecule has 0 spiro atoms. The van der Waals surface area contributed by atoms with Gasteiger partial charge in [0.15, 0.2) is 0 Å². The van der Waals surface area contributed by atoms with E-state index in [0.29, 0.717) is 5.69 Å². The summed E-state index contributed by atoms with van der Waals surface area (Å²) >= 11 is 1.82. The van der Waals surface area contributed by atoms with Gasteiger partial charge in [0.05, 0.1) is 11.3 Å². The number of carbonyl (C=O) groups is 2. The maximum atomic E-state index is 11.8. The van der Waals surface area contributed by atoms with Gasteiger partial charge in [-0.25, -0.2) is 9.59 Å². The smallest absolute Gasteiger partial charge is 0.337 e. The molecule has 19 heavy (non-hydrogen) atoms. The number of nitrogens with one attached hydrogen (secondary N) is 2. The van der Waals surface area contributed by atoms with Gasteiger partial charge in [0.1, 0.15) is 0 Å². The first-order chi connectivity index (χ1) is 9.16. The quantitative estimate of drug-likeness (QED) is 0.794. The van der Waals surface area contributed by atoms with Gasteiger partial charge in [-0.15, -0.1) is 0 Å². The lowest BCUT2D eigenvalue weighted by atomic mass is 10.2. The maximum absolute atomic E-state index is 11.8. The SMILES string of the molecule is O=C(Nc1ccccc1C(=O)O)NC1CCCSC1. The number of carboxylic acid groups (broad SMARTS) is 1. The number of thioether (sulfide) groups is 1. The first-order valence-corrected chi connectivity index (χ1v) is 7.30. The topological polar surface area (TPSA) is 78.4 Å². The van der Waals surface area contributed by atoms with Crippen LogP contribution >= 0.6 is 11.8 Å². The van der Waals surface area contributed by atoms with Gasteiger partial charge < -0.3 is 15.7 Å². The lowest BCUT2D eigenvalue weighted by Crippen LogP contribution is -2.41. The summed E-state index contributed by atoms with van der Waals surface area (Å²) in [6, 6.07) is 6.19. The van der Waals surface area contributed by atoms with Crippen molar-refractivity contribution in [1.29, 1.82) is 0 Å². The Labute approximate surface area is 115 Å². The number of anilines is 1. The van der Waals surface area contributed by atoms with E-state index in [1.807, 2.05) is 11.8 Å². The second-order valence-electron chi connectivity index (χ2n) is 4.36. The van der Waals surface area contributed by atoms with E-state index in [4.69, 9.17) is 5.11 Å². The number of benzene rings is 1. The van der Waals surface area contributed by atoms with Crippen LogP contribution in [0.4, 0.5) is 10.5 Å². The normalized spacial score (nSPS) is 18.6. The Kier molecular flexibility index (Phi) is 4.68. The first kappa shape index (κ1) is 13.7. The van der Waals surface area contributed by atoms with Gasteiger partial charge in [-0.05, 0) is 30.7 Å². The molecular formula is C13H16N2O3S. The van der Waals surface area contributed by atoms with E-state index in [2.05, 4.69) is 10.6 Å². The molecule has 3 N–H and O–H groups in total. The maximum Gasteiger partial charge on any atom is 0.337 e. The molecular weight excluding hydrogens is 264 g/mol. The minimum atomic E-state index is -1.05. The van der Waals surface area contributed by atoms with Crippen LogP contribution in [-0.2, 0) is 0 Å². The number of carboxylic acids is 1. The van der Waals surface area contributed by atoms with Crippen LogP contribution in [-0.4, -0.2) is 34.7 Å². The van der Waals surface area contributed by atoms with Crippen molar-refractivity contribution in [3.8, 4) is 0 Å². The molecule has 1 aromatic carbocycles. The third-order valence-electron chi connectivity index (χ3n) is 2.90. The van der Waals surface area contributed by atoms with Crippen molar-refractivity contribution in [3.63, 3.8) is 0 Å². The summed E-state index contributed by atoms with van der Waals surface area (Å²) < 4.78 is 0. The van der Waals surface area contributed by atoms with Crippen molar-refractivity contribution < 1.29 is 14.7 Å². The second-order valence-corrected chi connectivity index (χ2v) is 5.51. The highest BCUT2D eigenvalue weighted by Crippen LogP contribution is 2.18. The molecule has 1 atom stereocenters. The number of hydrogen-bond donors (Lipinski definition) is 3. The highest BCUT2D eigenvalue weighted by molar-refractivity contribution is 7.99. The number of carbonyl (C=O) groups excluding carboxylic acids is 1. The van der Waals surface area contributed by atoms with Crippen LogP contribution in [0.15, 0.2) is 24.3 Å². The third-order valence-corrected chi connectivity index (χ3v) is 4.12. The fourth-order valence-corrected chi connectivity index (χ4v) is 3.05. The summed E-state index contributed by atoms with van der Waals surface area (Å²) in [5, 5.41) is 14.5. The fourth-order valence-electron chi connectivity index (χ4n) is 1.98. The Bertz CT molecular complexity index is 473. The molecule has 1 aromatic rings. The summed E-state index contributed by atoms with van der Waals surface area (Å²) in [6.07, 6.45) is 2.07. The first-order valence-electron chi connectivity index (χ1n) is 6.14. The Hall–Kier alpha value is -1.69. The predicted molar refractivity (Wildman–Crippen MR) is 75.9 cm³/mol. The minimum absolute atomic E-state index is 0.0932. The number of hydrogen-bond acceptors (Lipinski definition) is 3. The van der Waals surface area contributed by atoms with E-state index in [1.54, 1.807) is 18.2 Å². The average molecular weight is 280 g/mol. The second kappa shape index (κ2) is 6.47. The average Bonchev–Trinajstić information content (AvgIpc) is 2.40. The molecule has 2 rings (SSSR count). The molecule has 1 fully saturated rings. The summed E-state index contributed by atoms with van der Waals surface area (Å²) in [5.74, 6) is 0.999. The molecule has 6 heteroatoms. The van der Waals surface area contributed by atoms with Crippen LogP contribution in [0, 0.1) is 0 Å². The van der Waals surface area contributed by atoms with Gasteiger partial charge in [0.2, 0.25) is 0 Å². The minimum Gasteiger partial charge on any atom is -0.478 e. The van der Waals surface area contributed by atoms with Gasteiger partial charge in [0, 0.05) is 11.8 Å². The Morgan fingerprint density at radius 3 is 2.79 bits per heavy atom. The zero-order valence-corrected chi connectivity index (χ0v) is 11.2. The van der Waals surface area contributed by atoms with Gasteiger partial charge >= 0.3 is 12.0 Å². The summed E-state index contributed by atoms with van der Waals surface area (Å²) in [4.78, 5) is 22.8. The van der Waals surface area contributed by atoms with Crippen LogP contribution < -0.4 is 10.6 Å². The summed E-state index contributed by atoms with van der Waals surface area (Å²) in [6.45, 7) is 0. The van der Waals surface area contributed by atoms with E-state index in [1.165, 1.54) is 6.07 Å². The summed E-state index contributed by atoms with van der Waals surface area (Å²) in [7, 11) is 0. The zero-order valence-electron chi connectivity index (χ0n) is 10.4. The number of para-hydroxylation sites is 1. The van der Waals surface area contributed by atoms with Gasteiger partial charge in [-0.3, -0.25) is 0 Å². The van der Waals surface area contributed by atoms with E-state index in [-0.39, 0.29) is 17.6 Å². The van der Waals surface area contributed by atoms with Crippen LogP contribution in [0.2, 0.25) is 0 Å². The van der Waals surface area contributed by atoms with Crippen molar-refractivity contribution in [2.45, 2.75) is 18.9 Å². The van der Waals surface area contributed by atoms with E-state index in [9.17, 15) is 9.59 Å². The zero-order chi connectivity index (χ0) is 13.7. The van der Waals surface area contributed by atoms with E-state index >= 15 is 0 Å². The van der Waals surface area contributed by atoms with Crippen molar-refractivity contribution in [3.05, 3.63) is 29.8 Å². The molecule has 2 amide bonds. The molecule has 1 heterocycles. The predicted octanol–water partition coefficient (Wildman–Crippen LogP) is 2.40. The van der Waals surface area contributed by atoms with E-state index < -0.39 is 5.97 Å². The van der Waals surface area contributed by atoms with Gasteiger partial charge in [-0.2, -0.15) is 11.8 Å². The number of aromatic carboxylic acids is 1. The number of urea groups is 1. The van der Waals surface area contributed by atoms with Gasteiger partial charge in [-0.1, -0.05) is 12.1 Å². The molecule has 102 valence electrons. The Morgan fingerprint density at radius 1 is 1.32 bits per heavy atom. The van der Waals surface area contributed by atoms with Crippen molar-refractivity contribution in [2.75, 3.05) is 16.8 Å². The van der Waals surface area contributed by atoms with Crippen molar-refractivity contribution in [1.82, 2.24) is 5.32 Å². The molecule has 5 nitrogen and oxygen atoms in total. The van der Waals surface area contributed by atoms with Gasteiger partial charge in [0.25, 0.3) is 0 Å². The molecule has 0 saturated carbocycles. The highest BCUT2D eigenvalue weighted by atomic mass is 32.2.